The zero-order valence-electron chi connectivity index (χ0n) is 10.5. The second-order valence-electron chi connectivity index (χ2n) is 4.35. The monoisotopic (exact) mass is 257 g/mol. The van der Waals surface area contributed by atoms with Gasteiger partial charge in [0.15, 0.2) is 0 Å². The lowest BCUT2D eigenvalue weighted by Crippen LogP contribution is -2.25. The Hall–Kier alpha value is 0.01000. The normalized spacial score (nSPS) is 17.0. The van der Waals surface area contributed by atoms with E-state index in [9.17, 15) is 0 Å². The number of thioether (sulfide) groups is 1. The smallest absolute Gasteiger partial charge is 0.0542 e. The predicted molar refractivity (Wildman–Crippen MR) is 77.2 cm³/mol. The lowest BCUT2D eigenvalue weighted by atomic mass is 10.1. The minimum absolute atomic E-state index is 0.285. The molecular formula is C13H23NS2. The summed E-state index contributed by atoms with van der Waals surface area (Å²) in [6.07, 6.45) is 2.31. The molecule has 0 spiro atoms. The first-order chi connectivity index (χ1) is 7.69. The van der Waals surface area contributed by atoms with Gasteiger partial charge in [-0.05, 0) is 29.5 Å². The molecule has 3 heteroatoms. The van der Waals surface area contributed by atoms with E-state index in [4.69, 9.17) is 5.73 Å². The van der Waals surface area contributed by atoms with E-state index in [-0.39, 0.29) is 6.04 Å². The topological polar surface area (TPSA) is 26.0 Å². The van der Waals surface area contributed by atoms with Crippen molar-refractivity contribution in [2.45, 2.75) is 44.9 Å². The van der Waals surface area contributed by atoms with Gasteiger partial charge in [0.2, 0.25) is 0 Å². The fourth-order valence-electron chi connectivity index (χ4n) is 1.47. The van der Waals surface area contributed by atoms with Crippen LogP contribution in [-0.2, 0) is 0 Å². The van der Waals surface area contributed by atoms with Gasteiger partial charge in [0.25, 0.3) is 0 Å². The van der Waals surface area contributed by atoms with Crippen LogP contribution in [0.4, 0.5) is 0 Å². The molecule has 0 fully saturated rings. The zero-order valence-corrected chi connectivity index (χ0v) is 12.1. The van der Waals surface area contributed by atoms with Crippen molar-refractivity contribution >= 4 is 23.1 Å². The van der Waals surface area contributed by atoms with Gasteiger partial charge in [0.05, 0.1) is 5.25 Å². The molecule has 0 aliphatic carbocycles. The molecule has 2 N–H and O–H groups in total. The van der Waals surface area contributed by atoms with Crippen LogP contribution in [0, 0.1) is 5.92 Å². The number of thiophene rings is 1. The van der Waals surface area contributed by atoms with Gasteiger partial charge in [-0.2, -0.15) is 11.8 Å². The van der Waals surface area contributed by atoms with Gasteiger partial charge in [0, 0.05) is 10.9 Å². The third-order valence-electron chi connectivity index (χ3n) is 2.94. The summed E-state index contributed by atoms with van der Waals surface area (Å²) in [4.78, 5) is 1.43. The molecule has 0 saturated heterocycles. The van der Waals surface area contributed by atoms with Crippen LogP contribution in [0.25, 0.3) is 0 Å². The Labute approximate surface area is 108 Å². The van der Waals surface area contributed by atoms with Gasteiger partial charge >= 0.3 is 0 Å². The molecule has 1 aromatic heterocycles. The zero-order chi connectivity index (χ0) is 12.0. The first kappa shape index (κ1) is 14.1. The Morgan fingerprint density at radius 2 is 2.12 bits per heavy atom. The van der Waals surface area contributed by atoms with Crippen LogP contribution in [0.2, 0.25) is 0 Å². The molecule has 1 nitrogen and oxygen atoms in total. The van der Waals surface area contributed by atoms with Crippen LogP contribution in [0.1, 0.15) is 43.7 Å². The third kappa shape index (κ3) is 4.11. The minimum Gasteiger partial charge on any atom is -0.326 e. The quantitative estimate of drug-likeness (QED) is 0.788. The van der Waals surface area contributed by atoms with E-state index >= 15 is 0 Å². The fraction of sp³-hybridized carbons (Fsp3) is 0.692. The van der Waals surface area contributed by atoms with Crippen LogP contribution in [-0.4, -0.2) is 11.8 Å². The molecule has 3 unspecified atom stereocenters. The average Bonchev–Trinajstić information content (AvgIpc) is 2.82. The molecule has 0 saturated carbocycles. The molecule has 3 atom stereocenters. The van der Waals surface area contributed by atoms with Crippen molar-refractivity contribution in [1.29, 1.82) is 0 Å². The fourth-order valence-corrected chi connectivity index (χ4v) is 4.07. The summed E-state index contributed by atoms with van der Waals surface area (Å²) in [5.74, 6) is 2.00. The first-order valence-corrected chi connectivity index (χ1v) is 8.02. The van der Waals surface area contributed by atoms with Gasteiger partial charge < -0.3 is 5.73 Å². The van der Waals surface area contributed by atoms with Crippen LogP contribution < -0.4 is 5.73 Å². The molecule has 0 aliphatic rings. The second kappa shape index (κ2) is 7.36. The van der Waals surface area contributed by atoms with Crippen molar-refractivity contribution in [1.82, 2.24) is 0 Å². The summed E-state index contributed by atoms with van der Waals surface area (Å²) < 4.78 is 0. The summed E-state index contributed by atoms with van der Waals surface area (Å²) in [5.41, 5.74) is 6.22. The lowest BCUT2D eigenvalue weighted by molar-refractivity contribution is 0.618. The molecule has 1 aromatic rings. The molecule has 1 rings (SSSR count). The SMILES string of the molecule is CCC(C)CSC(c1cccs1)C(N)CC. The summed E-state index contributed by atoms with van der Waals surface area (Å²) in [7, 11) is 0. The Balaban J connectivity index is 2.58. The maximum Gasteiger partial charge on any atom is 0.0542 e. The van der Waals surface area contributed by atoms with Crippen molar-refractivity contribution in [2.24, 2.45) is 11.7 Å². The lowest BCUT2D eigenvalue weighted by Gasteiger charge is -2.22. The average molecular weight is 257 g/mol. The van der Waals surface area contributed by atoms with E-state index in [0.717, 1.165) is 12.3 Å². The molecule has 0 bridgehead atoms. The van der Waals surface area contributed by atoms with Gasteiger partial charge in [-0.3, -0.25) is 0 Å². The third-order valence-corrected chi connectivity index (χ3v) is 5.77. The number of hydrogen-bond acceptors (Lipinski definition) is 3. The van der Waals surface area contributed by atoms with E-state index in [2.05, 4.69) is 38.3 Å². The maximum atomic E-state index is 6.22. The largest absolute Gasteiger partial charge is 0.326 e. The highest BCUT2D eigenvalue weighted by Gasteiger charge is 2.20. The summed E-state index contributed by atoms with van der Waals surface area (Å²) in [6.45, 7) is 6.75. The number of rotatable bonds is 7. The van der Waals surface area contributed by atoms with E-state index in [0.29, 0.717) is 5.25 Å². The number of hydrogen-bond donors (Lipinski definition) is 1. The molecule has 0 amide bonds. The first-order valence-electron chi connectivity index (χ1n) is 6.09. The van der Waals surface area contributed by atoms with E-state index in [1.165, 1.54) is 17.1 Å². The molecule has 92 valence electrons. The predicted octanol–water partition coefficient (Wildman–Crippen LogP) is 4.31. The van der Waals surface area contributed by atoms with Crippen LogP contribution in [0.5, 0.6) is 0 Å². The molecule has 1 heterocycles. The summed E-state index contributed by atoms with van der Waals surface area (Å²) in [6, 6.07) is 4.63. The highest BCUT2D eigenvalue weighted by Crippen LogP contribution is 2.36. The van der Waals surface area contributed by atoms with Gasteiger partial charge in [-0.25, -0.2) is 0 Å². The van der Waals surface area contributed by atoms with Crippen molar-refractivity contribution in [3.05, 3.63) is 22.4 Å². The summed E-state index contributed by atoms with van der Waals surface area (Å²) in [5, 5.41) is 2.63. The van der Waals surface area contributed by atoms with Crippen molar-refractivity contribution in [3.8, 4) is 0 Å². The molecule has 0 aromatic carbocycles. The maximum absolute atomic E-state index is 6.22. The van der Waals surface area contributed by atoms with Crippen LogP contribution in [0.3, 0.4) is 0 Å². The molecular weight excluding hydrogens is 234 g/mol. The molecule has 0 radical (unpaired) electrons. The molecule has 0 aliphatic heterocycles. The van der Waals surface area contributed by atoms with Crippen molar-refractivity contribution in [2.75, 3.05) is 5.75 Å². The Bertz CT molecular complexity index is 271. The van der Waals surface area contributed by atoms with Gasteiger partial charge in [-0.1, -0.05) is 33.3 Å². The second-order valence-corrected chi connectivity index (χ2v) is 6.51. The van der Waals surface area contributed by atoms with Crippen LogP contribution in [0.15, 0.2) is 17.5 Å². The highest BCUT2D eigenvalue weighted by molar-refractivity contribution is 7.99. The van der Waals surface area contributed by atoms with Gasteiger partial charge in [-0.15, -0.1) is 11.3 Å². The minimum atomic E-state index is 0.285. The van der Waals surface area contributed by atoms with E-state index in [1.807, 2.05) is 23.1 Å². The van der Waals surface area contributed by atoms with E-state index in [1.54, 1.807) is 0 Å². The van der Waals surface area contributed by atoms with Crippen LogP contribution >= 0.6 is 23.1 Å². The summed E-state index contributed by atoms with van der Waals surface area (Å²) >= 11 is 3.86. The number of nitrogens with two attached hydrogens (primary N) is 1. The Kier molecular flexibility index (Phi) is 6.47. The standard InChI is InChI=1S/C13H23NS2/c1-4-10(3)9-16-13(11(14)5-2)12-7-6-8-15-12/h6-8,10-11,13H,4-5,9,14H2,1-3H3. The van der Waals surface area contributed by atoms with Crippen molar-refractivity contribution in [3.63, 3.8) is 0 Å². The van der Waals surface area contributed by atoms with E-state index < -0.39 is 0 Å². The highest BCUT2D eigenvalue weighted by atomic mass is 32.2. The molecule has 16 heavy (non-hydrogen) atoms. The van der Waals surface area contributed by atoms with Gasteiger partial charge in [0.1, 0.15) is 0 Å². The Morgan fingerprint density at radius 1 is 1.38 bits per heavy atom. The Morgan fingerprint density at radius 3 is 2.62 bits per heavy atom. The van der Waals surface area contributed by atoms with Crippen molar-refractivity contribution < 1.29 is 0 Å².